The van der Waals surface area contributed by atoms with Crippen LogP contribution in [0.2, 0.25) is 0 Å². The highest BCUT2D eigenvalue weighted by Gasteiger charge is 2.32. The second kappa shape index (κ2) is 8.63. The number of benzene rings is 1. The van der Waals surface area contributed by atoms with Crippen molar-refractivity contribution in [2.24, 2.45) is 5.92 Å². The van der Waals surface area contributed by atoms with Crippen LogP contribution in [0, 0.1) is 11.7 Å². The van der Waals surface area contributed by atoms with Crippen LogP contribution in [0.25, 0.3) is 5.69 Å². The first-order valence-corrected chi connectivity index (χ1v) is 9.50. The van der Waals surface area contributed by atoms with E-state index in [0.29, 0.717) is 5.69 Å². The van der Waals surface area contributed by atoms with Crippen LogP contribution in [0.15, 0.2) is 36.5 Å². The van der Waals surface area contributed by atoms with Crippen LogP contribution in [-0.4, -0.2) is 39.5 Å². The summed E-state index contributed by atoms with van der Waals surface area (Å²) in [4.78, 5) is 24.7. The normalized spacial score (nSPS) is 13.7. The van der Waals surface area contributed by atoms with Crippen molar-refractivity contribution in [3.63, 3.8) is 0 Å². The number of nitrogens with zero attached hydrogens (tertiary/aromatic N) is 2. The molecule has 2 aromatic rings. The van der Waals surface area contributed by atoms with Crippen molar-refractivity contribution in [2.45, 2.75) is 52.7 Å². The Balaban J connectivity index is 2.07. The third-order valence-electron chi connectivity index (χ3n) is 4.59. The van der Waals surface area contributed by atoms with E-state index in [4.69, 9.17) is 4.74 Å². The molecule has 1 atom stereocenters. The number of carbonyl (C=O) groups is 2. The first-order chi connectivity index (χ1) is 13.4. The number of nitrogens with one attached hydrogen (secondary N) is 2. The molecule has 2 amide bonds. The second-order valence-corrected chi connectivity index (χ2v) is 8.50. The largest absolute Gasteiger partial charge is 0.444 e. The smallest absolute Gasteiger partial charge is 0.407 e. The molecule has 0 fully saturated rings. The van der Waals surface area contributed by atoms with Gasteiger partial charge in [0, 0.05) is 12.7 Å². The number of amides is 2. The van der Waals surface area contributed by atoms with Crippen LogP contribution in [0.1, 0.15) is 52.0 Å². The molecule has 1 aromatic heterocycles. The summed E-state index contributed by atoms with van der Waals surface area (Å²) in [6.07, 6.45) is 1.09. The third kappa shape index (κ3) is 6.30. The molecule has 8 heteroatoms. The third-order valence-corrected chi connectivity index (χ3v) is 4.59. The molecule has 0 bridgehead atoms. The lowest BCUT2D eigenvalue weighted by Gasteiger charge is -2.35. The van der Waals surface area contributed by atoms with Crippen molar-refractivity contribution in [2.75, 3.05) is 6.54 Å². The highest BCUT2D eigenvalue weighted by Crippen LogP contribution is 2.17. The van der Waals surface area contributed by atoms with Gasteiger partial charge in [0.15, 0.2) is 5.69 Å². The molecule has 158 valence electrons. The lowest BCUT2D eigenvalue weighted by molar-refractivity contribution is 0.0497. The van der Waals surface area contributed by atoms with Crippen molar-refractivity contribution in [1.29, 1.82) is 0 Å². The Bertz CT molecular complexity index is 856. The van der Waals surface area contributed by atoms with Crippen molar-refractivity contribution in [1.82, 2.24) is 20.4 Å². The van der Waals surface area contributed by atoms with E-state index in [1.54, 1.807) is 45.2 Å². The van der Waals surface area contributed by atoms with E-state index in [1.807, 2.05) is 20.8 Å². The van der Waals surface area contributed by atoms with E-state index in [9.17, 15) is 14.0 Å². The van der Waals surface area contributed by atoms with E-state index < -0.39 is 17.2 Å². The fraction of sp³-hybridized carbons (Fsp3) is 0.476. The summed E-state index contributed by atoms with van der Waals surface area (Å²) in [5, 5.41) is 9.94. The minimum atomic E-state index is -0.715. The Labute approximate surface area is 170 Å². The number of halogens is 1. The Hall–Kier alpha value is -2.90. The number of carbonyl (C=O) groups excluding carboxylic acids is 2. The van der Waals surface area contributed by atoms with Gasteiger partial charge in [0.2, 0.25) is 0 Å². The van der Waals surface area contributed by atoms with Crippen molar-refractivity contribution in [3.05, 3.63) is 48.0 Å². The van der Waals surface area contributed by atoms with E-state index in [0.717, 1.165) is 0 Å². The van der Waals surface area contributed by atoms with Crippen LogP contribution in [0.5, 0.6) is 0 Å². The summed E-state index contributed by atoms with van der Waals surface area (Å²) >= 11 is 0. The highest BCUT2D eigenvalue weighted by atomic mass is 19.1. The first-order valence-electron chi connectivity index (χ1n) is 9.50. The van der Waals surface area contributed by atoms with E-state index >= 15 is 0 Å². The topological polar surface area (TPSA) is 85.3 Å². The monoisotopic (exact) mass is 404 g/mol. The van der Waals surface area contributed by atoms with Crippen LogP contribution in [0.4, 0.5) is 9.18 Å². The first kappa shape index (κ1) is 22.4. The van der Waals surface area contributed by atoms with Gasteiger partial charge in [-0.2, -0.15) is 5.10 Å². The maximum Gasteiger partial charge on any atom is 0.407 e. The van der Waals surface area contributed by atoms with Crippen LogP contribution in [0.3, 0.4) is 0 Å². The molecule has 1 unspecified atom stereocenters. The minimum absolute atomic E-state index is 0.0283. The molecular formula is C21H29FN4O3. The Kier molecular flexibility index (Phi) is 6.66. The average molecular weight is 404 g/mol. The zero-order valence-corrected chi connectivity index (χ0v) is 17.7. The summed E-state index contributed by atoms with van der Waals surface area (Å²) in [7, 11) is 0. The molecule has 0 aliphatic carbocycles. The van der Waals surface area contributed by atoms with Gasteiger partial charge < -0.3 is 15.4 Å². The van der Waals surface area contributed by atoms with E-state index in [2.05, 4.69) is 15.7 Å². The van der Waals surface area contributed by atoms with Gasteiger partial charge in [-0.25, -0.2) is 13.9 Å². The quantitative estimate of drug-likeness (QED) is 0.769. The maximum absolute atomic E-state index is 13.1. The maximum atomic E-state index is 13.1. The van der Waals surface area contributed by atoms with Crippen molar-refractivity contribution >= 4 is 12.0 Å². The minimum Gasteiger partial charge on any atom is -0.444 e. The van der Waals surface area contributed by atoms with Gasteiger partial charge in [0.1, 0.15) is 11.4 Å². The van der Waals surface area contributed by atoms with Gasteiger partial charge in [0.05, 0.1) is 11.2 Å². The molecule has 0 spiro atoms. The summed E-state index contributed by atoms with van der Waals surface area (Å²) < 4.78 is 19.8. The van der Waals surface area contributed by atoms with Gasteiger partial charge in [-0.05, 0) is 63.9 Å². The molecule has 29 heavy (non-hydrogen) atoms. The molecule has 1 heterocycles. The van der Waals surface area contributed by atoms with Crippen LogP contribution < -0.4 is 10.6 Å². The zero-order chi connectivity index (χ0) is 21.8. The molecular weight excluding hydrogens is 375 g/mol. The van der Waals surface area contributed by atoms with Gasteiger partial charge in [-0.15, -0.1) is 0 Å². The van der Waals surface area contributed by atoms with Gasteiger partial charge in [0.25, 0.3) is 5.91 Å². The predicted octanol–water partition coefficient (Wildman–Crippen LogP) is 3.68. The molecule has 0 saturated heterocycles. The van der Waals surface area contributed by atoms with Crippen molar-refractivity contribution in [3.8, 4) is 5.69 Å². The molecule has 1 aromatic carbocycles. The van der Waals surface area contributed by atoms with Gasteiger partial charge >= 0.3 is 6.09 Å². The summed E-state index contributed by atoms with van der Waals surface area (Å²) in [6, 6.07) is 7.39. The lowest BCUT2D eigenvalue weighted by atomic mass is 9.88. The Morgan fingerprint density at radius 2 is 1.76 bits per heavy atom. The molecule has 0 aliphatic heterocycles. The van der Waals surface area contributed by atoms with Crippen molar-refractivity contribution < 1.29 is 18.7 Å². The highest BCUT2D eigenvalue weighted by molar-refractivity contribution is 5.92. The number of rotatable bonds is 6. The lowest BCUT2D eigenvalue weighted by Crippen LogP contribution is -2.57. The zero-order valence-electron chi connectivity index (χ0n) is 17.7. The molecule has 2 N–H and O–H groups in total. The number of hydrogen-bond acceptors (Lipinski definition) is 4. The molecule has 0 radical (unpaired) electrons. The number of alkyl carbamates (subject to hydrolysis) is 1. The summed E-state index contributed by atoms with van der Waals surface area (Å²) in [5.74, 6) is -0.683. The summed E-state index contributed by atoms with van der Waals surface area (Å²) in [5.41, 5.74) is -0.454. The molecule has 7 nitrogen and oxygen atoms in total. The second-order valence-electron chi connectivity index (χ2n) is 8.50. The number of ether oxygens (including phenoxy) is 1. The van der Waals surface area contributed by atoms with Crippen LogP contribution in [-0.2, 0) is 4.74 Å². The molecule has 0 aliphatic rings. The average Bonchev–Trinajstić information content (AvgIpc) is 3.09. The number of hydrogen-bond donors (Lipinski definition) is 2. The number of aromatic nitrogens is 2. The van der Waals surface area contributed by atoms with Gasteiger partial charge in [-0.1, -0.05) is 13.8 Å². The molecule has 2 rings (SSSR count). The standard InChI is InChI=1S/C21H29FN4O3/c1-14(2)21(6,13-23-19(28)29-20(3,4)5)24-18(27)17-11-12-26(25-17)16-9-7-15(22)8-10-16/h7-12,14H,13H2,1-6H3,(H,23,28)(H,24,27). The SMILES string of the molecule is CC(C)C(C)(CNC(=O)OC(C)(C)C)NC(=O)c1ccn(-c2ccc(F)cc2)n1. The van der Waals surface area contributed by atoms with E-state index in [-0.39, 0.29) is 29.9 Å². The predicted molar refractivity (Wildman–Crippen MR) is 108 cm³/mol. The Morgan fingerprint density at radius 3 is 2.31 bits per heavy atom. The molecule has 0 saturated carbocycles. The van der Waals surface area contributed by atoms with E-state index in [1.165, 1.54) is 16.8 Å². The van der Waals surface area contributed by atoms with Crippen LogP contribution >= 0.6 is 0 Å². The van der Waals surface area contributed by atoms with Gasteiger partial charge in [-0.3, -0.25) is 4.79 Å². The Morgan fingerprint density at radius 1 is 1.14 bits per heavy atom. The summed E-state index contributed by atoms with van der Waals surface area (Å²) in [6.45, 7) is 11.3. The fourth-order valence-corrected chi connectivity index (χ4v) is 2.47. The fourth-order valence-electron chi connectivity index (χ4n) is 2.47.